The van der Waals surface area contributed by atoms with Gasteiger partial charge in [0.15, 0.2) is 0 Å². The minimum Gasteiger partial charge on any atom is -0.339 e. The Morgan fingerprint density at radius 2 is 1.93 bits per heavy atom. The van der Waals surface area contributed by atoms with Gasteiger partial charge in [-0.15, -0.1) is 0 Å². The number of carbonyl (C=O) groups is 1. The molecular weight excluding hydrogens is 188 g/mol. The fourth-order valence-corrected chi connectivity index (χ4v) is 2.41. The van der Waals surface area contributed by atoms with E-state index in [9.17, 15) is 4.79 Å². The average molecular weight is 212 g/mol. The summed E-state index contributed by atoms with van der Waals surface area (Å²) in [5, 5.41) is 3.40. The number of amides is 1. The van der Waals surface area contributed by atoms with Gasteiger partial charge in [-0.3, -0.25) is 10.1 Å². The van der Waals surface area contributed by atoms with Crippen LogP contribution in [0.25, 0.3) is 0 Å². The van der Waals surface area contributed by atoms with E-state index in [1.807, 2.05) is 18.7 Å². The second-order valence-electron chi connectivity index (χ2n) is 5.71. The Labute approximate surface area is 93.2 Å². The quantitative estimate of drug-likeness (QED) is 0.773. The normalized spacial score (nSPS) is 24.3. The third kappa shape index (κ3) is 2.94. The number of rotatable bonds is 3. The van der Waals surface area contributed by atoms with Crippen molar-refractivity contribution in [1.29, 1.82) is 0 Å². The van der Waals surface area contributed by atoms with Crippen LogP contribution in [0, 0.1) is 0 Å². The highest BCUT2D eigenvalue weighted by Gasteiger charge is 2.42. The van der Waals surface area contributed by atoms with E-state index in [1.54, 1.807) is 0 Å². The molecule has 0 saturated carbocycles. The summed E-state index contributed by atoms with van der Waals surface area (Å²) in [6.45, 7) is 12.1. The van der Waals surface area contributed by atoms with E-state index < -0.39 is 5.54 Å². The summed E-state index contributed by atoms with van der Waals surface area (Å²) in [6.07, 6.45) is 2.23. The smallest absolute Gasteiger partial charge is 0.242 e. The SMILES string of the molecule is CCCCN1CC(C)(C)NC(C)(C)C1=O. The van der Waals surface area contributed by atoms with Crippen LogP contribution < -0.4 is 5.32 Å². The molecule has 0 aromatic heterocycles. The van der Waals surface area contributed by atoms with Gasteiger partial charge in [-0.2, -0.15) is 0 Å². The molecule has 1 aliphatic heterocycles. The summed E-state index contributed by atoms with van der Waals surface area (Å²) in [5.41, 5.74) is -0.402. The molecule has 3 nitrogen and oxygen atoms in total. The predicted molar refractivity (Wildman–Crippen MR) is 62.8 cm³/mol. The third-order valence-electron chi connectivity index (χ3n) is 2.84. The lowest BCUT2D eigenvalue weighted by Gasteiger charge is -2.47. The molecule has 1 aliphatic rings. The molecule has 88 valence electrons. The van der Waals surface area contributed by atoms with Crippen LogP contribution >= 0.6 is 0 Å². The van der Waals surface area contributed by atoms with Crippen molar-refractivity contribution in [1.82, 2.24) is 10.2 Å². The molecule has 0 atom stereocenters. The van der Waals surface area contributed by atoms with E-state index >= 15 is 0 Å². The first kappa shape index (κ1) is 12.5. The van der Waals surface area contributed by atoms with E-state index in [-0.39, 0.29) is 11.4 Å². The number of hydrogen-bond acceptors (Lipinski definition) is 2. The molecule has 0 unspecified atom stereocenters. The molecular formula is C12H24N2O. The summed E-state index contributed by atoms with van der Waals surface area (Å²) in [4.78, 5) is 14.1. The van der Waals surface area contributed by atoms with Crippen LogP contribution in [-0.4, -0.2) is 35.0 Å². The van der Waals surface area contributed by atoms with Crippen LogP contribution in [0.1, 0.15) is 47.5 Å². The standard InChI is InChI=1S/C12H24N2O/c1-6-7-8-14-9-11(2,3)13-12(4,5)10(14)15/h13H,6-9H2,1-5H3. The minimum atomic E-state index is -0.421. The van der Waals surface area contributed by atoms with Crippen molar-refractivity contribution in [2.24, 2.45) is 0 Å². The fourth-order valence-electron chi connectivity index (χ4n) is 2.41. The zero-order valence-corrected chi connectivity index (χ0v) is 10.7. The second-order valence-corrected chi connectivity index (χ2v) is 5.71. The number of nitrogens with one attached hydrogen (secondary N) is 1. The maximum absolute atomic E-state index is 12.1. The number of hydrogen-bond donors (Lipinski definition) is 1. The van der Waals surface area contributed by atoms with E-state index in [2.05, 4.69) is 26.1 Å². The van der Waals surface area contributed by atoms with Crippen LogP contribution in [0.4, 0.5) is 0 Å². The largest absolute Gasteiger partial charge is 0.339 e. The summed E-state index contributed by atoms with van der Waals surface area (Å²) >= 11 is 0. The average Bonchev–Trinajstić information content (AvgIpc) is 2.07. The van der Waals surface area contributed by atoms with E-state index in [1.165, 1.54) is 0 Å². The van der Waals surface area contributed by atoms with Crippen molar-refractivity contribution >= 4 is 5.91 Å². The number of unbranched alkanes of at least 4 members (excludes halogenated alkanes) is 1. The second kappa shape index (κ2) is 4.12. The maximum Gasteiger partial charge on any atom is 0.242 e. The molecule has 0 aromatic rings. The van der Waals surface area contributed by atoms with Gasteiger partial charge in [0.05, 0.1) is 5.54 Å². The molecule has 15 heavy (non-hydrogen) atoms. The molecule has 0 aliphatic carbocycles. The van der Waals surface area contributed by atoms with Crippen LogP contribution in [0.5, 0.6) is 0 Å². The Morgan fingerprint density at radius 3 is 2.47 bits per heavy atom. The topological polar surface area (TPSA) is 32.3 Å². The molecule has 1 amide bonds. The Balaban J connectivity index is 2.74. The van der Waals surface area contributed by atoms with Crippen molar-refractivity contribution in [2.45, 2.75) is 58.5 Å². The zero-order chi connectivity index (χ0) is 11.7. The minimum absolute atomic E-state index is 0.0190. The van der Waals surface area contributed by atoms with Gasteiger partial charge < -0.3 is 4.90 Å². The molecule has 1 rings (SSSR count). The summed E-state index contributed by atoms with van der Waals surface area (Å²) in [5.74, 6) is 0.232. The summed E-state index contributed by atoms with van der Waals surface area (Å²) in [7, 11) is 0. The van der Waals surface area contributed by atoms with Gasteiger partial charge in [0.25, 0.3) is 0 Å². The van der Waals surface area contributed by atoms with E-state index in [0.29, 0.717) is 0 Å². The Morgan fingerprint density at radius 1 is 1.33 bits per heavy atom. The van der Waals surface area contributed by atoms with Crippen LogP contribution in [0.15, 0.2) is 0 Å². The van der Waals surface area contributed by atoms with Gasteiger partial charge in [0.1, 0.15) is 0 Å². The first-order valence-corrected chi connectivity index (χ1v) is 5.87. The molecule has 1 fully saturated rings. The molecule has 1 saturated heterocycles. The highest BCUT2D eigenvalue weighted by atomic mass is 16.2. The fraction of sp³-hybridized carbons (Fsp3) is 0.917. The van der Waals surface area contributed by atoms with Gasteiger partial charge in [0.2, 0.25) is 5.91 Å². The summed E-state index contributed by atoms with van der Waals surface area (Å²) < 4.78 is 0. The number of nitrogens with zero attached hydrogens (tertiary/aromatic N) is 1. The van der Waals surface area contributed by atoms with Gasteiger partial charge in [-0.05, 0) is 34.1 Å². The van der Waals surface area contributed by atoms with Crippen LogP contribution in [-0.2, 0) is 4.79 Å². The maximum atomic E-state index is 12.1. The lowest BCUT2D eigenvalue weighted by atomic mass is 9.90. The molecule has 0 radical (unpaired) electrons. The van der Waals surface area contributed by atoms with Crippen molar-refractivity contribution in [3.05, 3.63) is 0 Å². The number of piperazine rings is 1. The predicted octanol–water partition coefficient (Wildman–Crippen LogP) is 1.78. The first-order valence-electron chi connectivity index (χ1n) is 5.87. The summed E-state index contributed by atoms with van der Waals surface area (Å²) in [6, 6.07) is 0. The number of carbonyl (C=O) groups excluding carboxylic acids is 1. The monoisotopic (exact) mass is 212 g/mol. The zero-order valence-electron chi connectivity index (χ0n) is 10.7. The van der Waals surface area contributed by atoms with Crippen molar-refractivity contribution in [3.8, 4) is 0 Å². The van der Waals surface area contributed by atoms with Gasteiger partial charge in [0, 0.05) is 18.6 Å². The molecule has 0 bridgehead atoms. The van der Waals surface area contributed by atoms with E-state index in [0.717, 1.165) is 25.9 Å². The van der Waals surface area contributed by atoms with Gasteiger partial charge in [-0.1, -0.05) is 13.3 Å². The molecule has 0 spiro atoms. The Kier molecular flexibility index (Phi) is 3.44. The van der Waals surface area contributed by atoms with Gasteiger partial charge >= 0.3 is 0 Å². The van der Waals surface area contributed by atoms with Crippen molar-refractivity contribution < 1.29 is 4.79 Å². The molecule has 1 N–H and O–H groups in total. The molecule has 3 heteroatoms. The lowest BCUT2D eigenvalue weighted by molar-refractivity contribution is -0.143. The highest BCUT2D eigenvalue weighted by Crippen LogP contribution is 2.22. The van der Waals surface area contributed by atoms with Crippen molar-refractivity contribution in [2.75, 3.05) is 13.1 Å². The first-order chi connectivity index (χ1) is 6.78. The Hall–Kier alpha value is -0.570. The van der Waals surface area contributed by atoms with Crippen LogP contribution in [0.2, 0.25) is 0 Å². The van der Waals surface area contributed by atoms with E-state index in [4.69, 9.17) is 0 Å². The van der Waals surface area contributed by atoms with Crippen molar-refractivity contribution in [3.63, 3.8) is 0 Å². The Bertz CT molecular complexity index is 246. The van der Waals surface area contributed by atoms with Gasteiger partial charge in [-0.25, -0.2) is 0 Å². The van der Waals surface area contributed by atoms with Crippen LogP contribution in [0.3, 0.4) is 0 Å². The lowest BCUT2D eigenvalue weighted by Crippen LogP contribution is -2.69. The molecule has 0 aromatic carbocycles. The third-order valence-corrected chi connectivity index (χ3v) is 2.84. The molecule has 1 heterocycles. The highest BCUT2D eigenvalue weighted by molar-refractivity contribution is 5.86.